The van der Waals surface area contributed by atoms with Crippen molar-refractivity contribution in [3.05, 3.63) is 59.2 Å². The highest BCUT2D eigenvalue weighted by Gasteiger charge is 2.04. The number of para-hydroxylation sites is 1. The van der Waals surface area contributed by atoms with E-state index in [0.717, 1.165) is 12.2 Å². The van der Waals surface area contributed by atoms with Crippen molar-refractivity contribution in [1.82, 2.24) is 4.98 Å². The number of H-pyrrole nitrogens is 1. The molecule has 3 rings (SSSR count). The minimum Gasteiger partial charge on any atom is -0.495 e. The van der Waals surface area contributed by atoms with Gasteiger partial charge >= 0.3 is 0 Å². The van der Waals surface area contributed by atoms with Crippen molar-refractivity contribution in [3.8, 4) is 5.75 Å². The number of hydrogen-bond donors (Lipinski definition) is 2. The van der Waals surface area contributed by atoms with Crippen LogP contribution in [0.4, 0.5) is 5.69 Å². The predicted octanol–water partition coefficient (Wildman–Crippen LogP) is 4.44. The summed E-state index contributed by atoms with van der Waals surface area (Å²) in [6.45, 7) is 0.739. The summed E-state index contributed by atoms with van der Waals surface area (Å²) in [5.41, 5.74) is 3.37. The Bertz CT molecular complexity index is 736. The zero-order chi connectivity index (χ0) is 13.9. The number of halogens is 1. The van der Waals surface area contributed by atoms with Gasteiger partial charge in [-0.2, -0.15) is 0 Å². The highest BCUT2D eigenvalue weighted by atomic mass is 35.5. The molecule has 0 saturated carbocycles. The number of anilines is 1. The molecule has 2 N–H and O–H groups in total. The van der Waals surface area contributed by atoms with Crippen LogP contribution in [0.5, 0.6) is 5.75 Å². The predicted molar refractivity (Wildman–Crippen MR) is 83.6 cm³/mol. The van der Waals surface area contributed by atoms with Crippen molar-refractivity contribution in [1.29, 1.82) is 0 Å². The molecule has 0 spiro atoms. The SMILES string of the molecule is COc1cc(NCc2cccc3cc[nH]c23)ccc1Cl. The largest absolute Gasteiger partial charge is 0.495 e. The number of aromatic nitrogens is 1. The lowest BCUT2D eigenvalue weighted by Crippen LogP contribution is -2.00. The van der Waals surface area contributed by atoms with Gasteiger partial charge in [0.05, 0.1) is 17.6 Å². The van der Waals surface area contributed by atoms with E-state index >= 15 is 0 Å². The Morgan fingerprint density at radius 3 is 2.95 bits per heavy atom. The Labute approximate surface area is 122 Å². The Kier molecular flexibility index (Phi) is 3.52. The van der Waals surface area contributed by atoms with E-state index in [1.807, 2.05) is 24.4 Å². The monoisotopic (exact) mass is 286 g/mol. The molecule has 2 aromatic carbocycles. The summed E-state index contributed by atoms with van der Waals surface area (Å²) >= 11 is 6.02. The van der Waals surface area contributed by atoms with Crippen LogP contribution >= 0.6 is 11.6 Å². The van der Waals surface area contributed by atoms with Crippen molar-refractivity contribution in [3.63, 3.8) is 0 Å². The lowest BCUT2D eigenvalue weighted by Gasteiger charge is -2.10. The van der Waals surface area contributed by atoms with E-state index in [-0.39, 0.29) is 0 Å². The van der Waals surface area contributed by atoms with E-state index in [0.29, 0.717) is 10.8 Å². The Morgan fingerprint density at radius 1 is 1.20 bits per heavy atom. The van der Waals surface area contributed by atoms with Crippen LogP contribution in [0, 0.1) is 0 Å². The lowest BCUT2D eigenvalue weighted by atomic mass is 10.1. The second-order valence-corrected chi connectivity index (χ2v) is 4.97. The van der Waals surface area contributed by atoms with E-state index < -0.39 is 0 Å². The molecule has 0 bridgehead atoms. The molecule has 0 fully saturated rings. The van der Waals surface area contributed by atoms with Crippen LogP contribution in [0.15, 0.2) is 48.7 Å². The second-order valence-electron chi connectivity index (χ2n) is 4.56. The first kappa shape index (κ1) is 12.9. The first-order chi connectivity index (χ1) is 9.78. The van der Waals surface area contributed by atoms with Crippen molar-refractivity contribution >= 4 is 28.2 Å². The molecule has 20 heavy (non-hydrogen) atoms. The third-order valence-corrected chi connectivity index (χ3v) is 3.62. The fourth-order valence-electron chi connectivity index (χ4n) is 2.26. The molecular weight excluding hydrogens is 272 g/mol. The fourth-order valence-corrected chi connectivity index (χ4v) is 2.46. The third-order valence-electron chi connectivity index (χ3n) is 3.31. The molecule has 0 atom stereocenters. The van der Waals surface area contributed by atoms with Crippen LogP contribution in [0.3, 0.4) is 0 Å². The molecule has 0 saturated heterocycles. The zero-order valence-electron chi connectivity index (χ0n) is 11.1. The van der Waals surface area contributed by atoms with Crippen LogP contribution < -0.4 is 10.1 Å². The average Bonchev–Trinajstić information content (AvgIpc) is 2.95. The molecule has 0 aliphatic heterocycles. The van der Waals surface area contributed by atoms with Crippen LogP contribution in [-0.2, 0) is 6.54 Å². The molecular formula is C16H15ClN2O. The van der Waals surface area contributed by atoms with Crippen molar-refractivity contribution in [2.24, 2.45) is 0 Å². The molecule has 4 heteroatoms. The van der Waals surface area contributed by atoms with Crippen LogP contribution in [0.2, 0.25) is 5.02 Å². The van der Waals surface area contributed by atoms with E-state index in [1.165, 1.54) is 16.5 Å². The summed E-state index contributed by atoms with van der Waals surface area (Å²) in [4.78, 5) is 3.27. The summed E-state index contributed by atoms with van der Waals surface area (Å²) in [6, 6.07) is 14.0. The number of ether oxygens (including phenoxy) is 1. The molecule has 1 aromatic heterocycles. The summed E-state index contributed by atoms with van der Waals surface area (Å²) in [7, 11) is 1.62. The van der Waals surface area contributed by atoms with Gasteiger partial charge in [-0.05, 0) is 29.1 Å². The summed E-state index contributed by atoms with van der Waals surface area (Å²) < 4.78 is 5.22. The highest BCUT2D eigenvalue weighted by molar-refractivity contribution is 6.32. The molecule has 0 amide bonds. The Hall–Kier alpha value is -2.13. The zero-order valence-corrected chi connectivity index (χ0v) is 11.9. The van der Waals surface area contributed by atoms with Crippen LogP contribution in [-0.4, -0.2) is 12.1 Å². The van der Waals surface area contributed by atoms with Gasteiger partial charge in [-0.3, -0.25) is 0 Å². The molecule has 0 aliphatic rings. The van der Waals surface area contributed by atoms with E-state index in [1.54, 1.807) is 7.11 Å². The number of benzene rings is 2. The Morgan fingerprint density at radius 2 is 2.10 bits per heavy atom. The molecule has 0 radical (unpaired) electrons. The first-order valence-electron chi connectivity index (χ1n) is 6.40. The summed E-state index contributed by atoms with van der Waals surface area (Å²) in [5.74, 6) is 0.676. The molecule has 1 heterocycles. The smallest absolute Gasteiger partial charge is 0.139 e. The Balaban J connectivity index is 1.81. The molecule has 0 aliphatic carbocycles. The lowest BCUT2D eigenvalue weighted by molar-refractivity contribution is 0.415. The number of rotatable bonds is 4. The number of methoxy groups -OCH3 is 1. The fraction of sp³-hybridized carbons (Fsp3) is 0.125. The maximum absolute atomic E-state index is 6.02. The van der Waals surface area contributed by atoms with Gasteiger partial charge in [-0.1, -0.05) is 29.8 Å². The quantitative estimate of drug-likeness (QED) is 0.744. The summed E-state index contributed by atoms with van der Waals surface area (Å²) in [6.07, 6.45) is 1.96. The maximum Gasteiger partial charge on any atom is 0.139 e. The standard InChI is InChI=1S/C16H15ClN2O/c1-20-15-9-13(5-6-14(15)17)19-10-12-4-2-3-11-7-8-18-16(11)12/h2-9,18-19H,10H2,1H3. The van der Waals surface area contributed by atoms with E-state index in [9.17, 15) is 0 Å². The average molecular weight is 287 g/mol. The number of fused-ring (bicyclic) bond motifs is 1. The molecule has 3 nitrogen and oxygen atoms in total. The first-order valence-corrected chi connectivity index (χ1v) is 6.78. The van der Waals surface area contributed by atoms with Crippen molar-refractivity contribution in [2.75, 3.05) is 12.4 Å². The minimum absolute atomic E-state index is 0.615. The highest BCUT2D eigenvalue weighted by Crippen LogP contribution is 2.28. The van der Waals surface area contributed by atoms with Gasteiger partial charge in [-0.25, -0.2) is 0 Å². The number of hydrogen-bond acceptors (Lipinski definition) is 2. The summed E-state index contributed by atoms with van der Waals surface area (Å²) in [5, 5.41) is 5.22. The van der Waals surface area contributed by atoms with Gasteiger partial charge in [-0.15, -0.1) is 0 Å². The van der Waals surface area contributed by atoms with Gasteiger partial charge < -0.3 is 15.0 Å². The number of aromatic amines is 1. The second kappa shape index (κ2) is 5.47. The topological polar surface area (TPSA) is 37.0 Å². The van der Waals surface area contributed by atoms with Crippen LogP contribution in [0.25, 0.3) is 10.9 Å². The van der Waals surface area contributed by atoms with E-state index in [2.05, 4.69) is 34.6 Å². The van der Waals surface area contributed by atoms with Gasteiger partial charge in [0, 0.05) is 24.5 Å². The van der Waals surface area contributed by atoms with Gasteiger partial charge in [0.15, 0.2) is 0 Å². The van der Waals surface area contributed by atoms with Gasteiger partial charge in [0.2, 0.25) is 0 Å². The molecule has 0 unspecified atom stereocenters. The molecule has 102 valence electrons. The van der Waals surface area contributed by atoms with Gasteiger partial charge in [0.1, 0.15) is 5.75 Å². The van der Waals surface area contributed by atoms with Gasteiger partial charge in [0.25, 0.3) is 0 Å². The number of nitrogens with one attached hydrogen (secondary N) is 2. The normalized spacial score (nSPS) is 10.7. The maximum atomic E-state index is 6.02. The van der Waals surface area contributed by atoms with Crippen LogP contribution in [0.1, 0.15) is 5.56 Å². The molecule has 3 aromatic rings. The van der Waals surface area contributed by atoms with Crippen molar-refractivity contribution in [2.45, 2.75) is 6.54 Å². The third kappa shape index (κ3) is 2.45. The van der Waals surface area contributed by atoms with E-state index in [4.69, 9.17) is 16.3 Å². The van der Waals surface area contributed by atoms with Crippen molar-refractivity contribution < 1.29 is 4.74 Å². The minimum atomic E-state index is 0.615.